The van der Waals surface area contributed by atoms with Crippen molar-refractivity contribution in [3.8, 4) is 6.07 Å². The molecule has 1 amide bonds. The quantitative estimate of drug-likeness (QED) is 0.738. The van der Waals surface area contributed by atoms with E-state index in [2.05, 4.69) is 15.5 Å². The summed E-state index contributed by atoms with van der Waals surface area (Å²) in [5, 5.41) is 17.7. The highest BCUT2D eigenvalue weighted by molar-refractivity contribution is 5.94. The van der Waals surface area contributed by atoms with Crippen molar-refractivity contribution in [3.05, 3.63) is 47.2 Å². The fourth-order valence-corrected chi connectivity index (χ4v) is 1.44. The monoisotopic (exact) mass is 241 g/mol. The lowest BCUT2D eigenvalue weighted by Gasteiger charge is -2.04. The lowest BCUT2D eigenvalue weighted by Crippen LogP contribution is -2.22. The summed E-state index contributed by atoms with van der Waals surface area (Å²) in [5.41, 5.74) is 7.35. The summed E-state index contributed by atoms with van der Waals surface area (Å²) in [6.45, 7) is 0.307. The van der Waals surface area contributed by atoms with E-state index in [4.69, 9.17) is 11.0 Å². The van der Waals surface area contributed by atoms with Crippen LogP contribution in [0, 0.1) is 11.3 Å². The first-order valence-electron chi connectivity index (χ1n) is 5.27. The van der Waals surface area contributed by atoms with Gasteiger partial charge in [0.05, 0.1) is 17.8 Å². The maximum atomic E-state index is 11.8. The lowest BCUT2D eigenvalue weighted by molar-refractivity contribution is 0.0951. The Morgan fingerprint density at radius 2 is 2.17 bits per heavy atom. The van der Waals surface area contributed by atoms with Gasteiger partial charge in [0, 0.05) is 17.7 Å². The van der Waals surface area contributed by atoms with E-state index >= 15 is 0 Å². The van der Waals surface area contributed by atoms with Crippen LogP contribution in [-0.2, 0) is 6.54 Å². The number of carbonyl (C=O) groups is 1. The minimum absolute atomic E-state index is 0.222. The minimum Gasteiger partial charge on any atom is -0.384 e. The third kappa shape index (κ3) is 2.47. The van der Waals surface area contributed by atoms with Crippen molar-refractivity contribution in [2.24, 2.45) is 0 Å². The van der Waals surface area contributed by atoms with E-state index < -0.39 is 0 Å². The molecule has 0 aliphatic heterocycles. The van der Waals surface area contributed by atoms with Crippen LogP contribution in [0.3, 0.4) is 0 Å². The summed E-state index contributed by atoms with van der Waals surface area (Å²) in [5.74, 6) is 0.218. The molecule has 0 saturated carbocycles. The van der Waals surface area contributed by atoms with Crippen molar-refractivity contribution in [3.63, 3.8) is 0 Å². The number of hydrogen-bond donors (Lipinski definition) is 3. The molecule has 6 nitrogen and oxygen atoms in total. The van der Waals surface area contributed by atoms with Crippen LogP contribution in [0.15, 0.2) is 30.5 Å². The van der Waals surface area contributed by atoms with Crippen LogP contribution < -0.4 is 11.1 Å². The first-order valence-corrected chi connectivity index (χ1v) is 5.27. The van der Waals surface area contributed by atoms with Gasteiger partial charge in [-0.1, -0.05) is 0 Å². The Morgan fingerprint density at radius 1 is 1.44 bits per heavy atom. The molecule has 0 bridgehead atoms. The fourth-order valence-electron chi connectivity index (χ4n) is 1.44. The highest BCUT2D eigenvalue weighted by Gasteiger charge is 2.07. The number of aromatic nitrogens is 2. The van der Waals surface area contributed by atoms with E-state index in [9.17, 15) is 4.79 Å². The van der Waals surface area contributed by atoms with Crippen molar-refractivity contribution in [1.29, 1.82) is 5.26 Å². The zero-order chi connectivity index (χ0) is 13.0. The fraction of sp³-hybridized carbons (Fsp3) is 0.0833. The summed E-state index contributed by atoms with van der Waals surface area (Å²) in [7, 11) is 0. The molecular weight excluding hydrogens is 230 g/mol. The van der Waals surface area contributed by atoms with Gasteiger partial charge in [-0.3, -0.25) is 9.89 Å². The summed E-state index contributed by atoms with van der Waals surface area (Å²) in [4.78, 5) is 11.8. The Balaban J connectivity index is 2.00. The van der Waals surface area contributed by atoms with E-state index in [1.165, 1.54) is 0 Å². The topological polar surface area (TPSA) is 108 Å². The Hall–Kier alpha value is -2.81. The third-order valence-electron chi connectivity index (χ3n) is 2.47. The van der Waals surface area contributed by atoms with Crippen LogP contribution in [0.1, 0.15) is 21.5 Å². The second-order valence-electron chi connectivity index (χ2n) is 3.68. The summed E-state index contributed by atoms with van der Waals surface area (Å²) in [6.07, 6.45) is 1.56. The molecule has 0 spiro atoms. The highest BCUT2D eigenvalue weighted by atomic mass is 16.1. The van der Waals surface area contributed by atoms with Gasteiger partial charge in [-0.15, -0.1) is 0 Å². The molecule has 0 aliphatic carbocycles. The van der Waals surface area contributed by atoms with E-state index in [1.54, 1.807) is 30.5 Å². The number of amides is 1. The molecule has 0 radical (unpaired) electrons. The van der Waals surface area contributed by atoms with E-state index in [1.807, 2.05) is 6.07 Å². The number of nitrogens with two attached hydrogens (primary N) is 1. The minimum atomic E-state index is -0.222. The van der Waals surface area contributed by atoms with Crippen LogP contribution in [0.5, 0.6) is 0 Å². The molecule has 18 heavy (non-hydrogen) atoms. The molecule has 0 atom stereocenters. The highest BCUT2D eigenvalue weighted by Crippen LogP contribution is 2.07. The molecule has 1 heterocycles. The zero-order valence-electron chi connectivity index (χ0n) is 9.47. The maximum Gasteiger partial charge on any atom is 0.251 e. The number of anilines is 1. The molecule has 1 aromatic carbocycles. The van der Waals surface area contributed by atoms with Gasteiger partial charge >= 0.3 is 0 Å². The maximum absolute atomic E-state index is 11.8. The Bertz CT molecular complexity index is 594. The largest absolute Gasteiger partial charge is 0.384 e. The molecule has 2 rings (SSSR count). The number of aromatic amines is 1. The zero-order valence-corrected chi connectivity index (χ0v) is 9.47. The molecule has 4 N–H and O–H groups in total. The van der Waals surface area contributed by atoms with E-state index in [-0.39, 0.29) is 5.91 Å². The second-order valence-corrected chi connectivity index (χ2v) is 3.68. The molecule has 2 aromatic rings. The first-order chi connectivity index (χ1) is 8.70. The Morgan fingerprint density at radius 3 is 2.72 bits per heavy atom. The smallest absolute Gasteiger partial charge is 0.251 e. The van der Waals surface area contributed by atoms with Gasteiger partial charge in [0.25, 0.3) is 5.91 Å². The third-order valence-corrected chi connectivity index (χ3v) is 2.47. The van der Waals surface area contributed by atoms with Crippen LogP contribution in [0.25, 0.3) is 0 Å². The Labute approximate surface area is 103 Å². The van der Waals surface area contributed by atoms with Crippen LogP contribution >= 0.6 is 0 Å². The number of nitrogens with zero attached hydrogens (tertiary/aromatic N) is 2. The molecule has 6 heteroatoms. The number of carbonyl (C=O) groups excluding carboxylic acids is 1. The van der Waals surface area contributed by atoms with Gasteiger partial charge in [0.2, 0.25) is 0 Å². The molecule has 0 unspecified atom stereocenters. The second kappa shape index (κ2) is 5.01. The number of nitriles is 1. The van der Waals surface area contributed by atoms with Crippen LogP contribution in [-0.4, -0.2) is 16.1 Å². The van der Waals surface area contributed by atoms with Crippen LogP contribution in [0.4, 0.5) is 5.82 Å². The average Bonchev–Trinajstić information content (AvgIpc) is 2.81. The number of nitrogens with one attached hydrogen (secondary N) is 2. The van der Waals surface area contributed by atoms with Crippen molar-refractivity contribution >= 4 is 11.7 Å². The summed E-state index contributed by atoms with van der Waals surface area (Å²) < 4.78 is 0. The van der Waals surface area contributed by atoms with E-state index in [0.29, 0.717) is 23.5 Å². The number of nitrogen functional groups attached to an aromatic ring is 1. The Kier molecular flexibility index (Phi) is 3.25. The van der Waals surface area contributed by atoms with Gasteiger partial charge in [0.15, 0.2) is 0 Å². The molecular formula is C12H11N5O. The standard InChI is InChI=1S/C12H11N5O/c13-5-8-1-3-9(4-2-8)12(18)15-6-10-7-16-17-11(10)14/h1-4,7H,6H2,(H,15,18)(H3,14,16,17). The van der Waals surface area contributed by atoms with E-state index in [0.717, 1.165) is 5.56 Å². The normalized spacial score (nSPS) is 9.72. The molecule has 1 aromatic heterocycles. The summed E-state index contributed by atoms with van der Waals surface area (Å²) >= 11 is 0. The van der Waals surface area contributed by atoms with Crippen molar-refractivity contribution < 1.29 is 4.79 Å². The van der Waals surface area contributed by atoms with Gasteiger partial charge in [0.1, 0.15) is 5.82 Å². The van der Waals surface area contributed by atoms with Gasteiger partial charge in [-0.05, 0) is 24.3 Å². The predicted octanol–water partition coefficient (Wildman–Crippen LogP) is 0.794. The average molecular weight is 241 g/mol. The molecule has 0 saturated heterocycles. The molecule has 90 valence electrons. The molecule has 0 aliphatic rings. The van der Waals surface area contributed by atoms with Crippen LogP contribution in [0.2, 0.25) is 0 Å². The number of benzene rings is 1. The molecule has 0 fully saturated rings. The SMILES string of the molecule is N#Cc1ccc(C(=O)NCc2cn[nH]c2N)cc1. The van der Waals surface area contributed by atoms with Gasteiger partial charge < -0.3 is 11.1 Å². The summed E-state index contributed by atoms with van der Waals surface area (Å²) in [6, 6.07) is 8.40. The number of H-pyrrole nitrogens is 1. The van der Waals surface area contributed by atoms with Crippen molar-refractivity contribution in [2.45, 2.75) is 6.54 Å². The predicted molar refractivity (Wildman–Crippen MR) is 65.3 cm³/mol. The van der Waals surface area contributed by atoms with Crippen molar-refractivity contribution in [2.75, 3.05) is 5.73 Å². The number of hydrogen-bond acceptors (Lipinski definition) is 4. The van der Waals surface area contributed by atoms with Gasteiger partial charge in [-0.25, -0.2) is 0 Å². The number of rotatable bonds is 3. The van der Waals surface area contributed by atoms with Crippen molar-refractivity contribution in [1.82, 2.24) is 15.5 Å². The van der Waals surface area contributed by atoms with Gasteiger partial charge in [-0.2, -0.15) is 10.4 Å². The lowest BCUT2D eigenvalue weighted by atomic mass is 10.1. The first kappa shape index (κ1) is 11.7.